The fourth-order valence-electron chi connectivity index (χ4n) is 1.75. The average Bonchev–Trinajstić information content (AvgIpc) is 2.48. The summed E-state index contributed by atoms with van der Waals surface area (Å²) in [5, 5.41) is 2.59. The Balaban J connectivity index is 2.22. The molecule has 0 heterocycles. The highest BCUT2D eigenvalue weighted by Crippen LogP contribution is 2.59. The molecule has 5 nitrogen and oxygen atoms in total. The standard InChI is InChI=1S/C14H11BrF2NO4P/c15-11-3-1-2-4-12(11)18-13(19)9-5-7-10(8-6-9)14(16,17)23(20,21)22/h1-8H,(H,18,19)(H2,20,21,22). The Morgan fingerprint density at radius 2 is 1.65 bits per heavy atom. The molecule has 23 heavy (non-hydrogen) atoms. The molecule has 0 saturated heterocycles. The van der Waals surface area contributed by atoms with Crippen LogP contribution in [0.25, 0.3) is 0 Å². The van der Waals surface area contributed by atoms with Gasteiger partial charge in [-0.1, -0.05) is 24.3 Å². The van der Waals surface area contributed by atoms with Crippen LogP contribution in [-0.2, 0) is 10.2 Å². The summed E-state index contributed by atoms with van der Waals surface area (Å²) in [6.45, 7) is 0. The number of carbonyl (C=O) groups excluding carboxylic acids is 1. The van der Waals surface area contributed by atoms with Crippen LogP contribution >= 0.6 is 23.5 Å². The third-order valence-corrected chi connectivity index (χ3v) is 4.66. The molecule has 1 amide bonds. The molecule has 0 aliphatic carbocycles. The Morgan fingerprint density at radius 3 is 2.17 bits per heavy atom. The molecule has 2 rings (SSSR count). The number of hydrogen-bond acceptors (Lipinski definition) is 2. The van der Waals surface area contributed by atoms with E-state index in [1.807, 2.05) is 0 Å². The van der Waals surface area contributed by atoms with Crippen LogP contribution in [0.2, 0.25) is 0 Å². The van der Waals surface area contributed by atoms with E-state index in [1.165, 1.54) is 0 Å². The van der Waals surface area contributed by atoms with Gasteiger partial charge in [-0.25, -0.2) is 0 Å². The summed E-state index contributed by atoms with van der Waals surface area (Å²) in [5.41, 5.74) is -4.58. The SMILES string of the molecule is O=C(Nc1ccccc1Br)c1ccc(C(F)(F)P(=O)(O)O)cc1. The maximum Gasteiger partial charge on any atom is 0.399 e. The lowest BCUT2D eigenvalue weighted by molar-refractivity contribution is 0.0564. The molecule has 2 aromatic rings. The molecule has 0 fully saturated rings. The van der Waals surface area contributed by atoms with Crippen LogP contribution < -0.4 is 5.32 Å². The Labute approximate surface area is 138 Å². The predicted octanol–water partition coefficient (Wildman–Crippen LogP) is 3.93. The molecule has 2 aromatic carbocycles. The van der Waals surface area contributed by atoms with Crippen LogP contribution in [0.3, 0.4) is 0 Å². The van der Waals surface area contributed by atoms with E-state index in [0.29, 0.717) is 10.2 Å². The van der Waals surface area contributed by atoms with E-state index in [4.69, 9.17) is 9.79 Å². The van der Waals surface area contributed by atoms with Gasteiger partial charge in [0.1, 0.15) is 0 Å². The lowest BCUT2D eigenvalue weighted by Gasteiger charge is -2.18. The minimum absolute atomic E-state index is 0.0750. The Kier molecular flexibility index (Phi) is 5.01. The smallest absolute Gasteiger partial charge is 0.321 e. The third kappa shape index (κ3) is 3.84. The maximum atomic E-state index is 13.5. The zero-order chi connectivity index (χ0) is 17.3. The first-order valence-corrected chi connectivity index (χ1v) is 8.63. The number of anilines is 1. The number of alkyl halides is 2. The van der Waals surface area contributed by atoms with E-state index in [-0.39, 0.29) is 5.56 Å². The highest BCUT2D eigenvalue weighted by molar-refractivity contribution is 9.10. The van der Waals surface area contributed by atoms with E-state index in [1.54, 1.807) is 24.3 Å². The highest BCUT2D eigenvalue weighted by atomic mass is 79.9. The molecule has 0 saturated carbocycles. The molecule has 0 unspecified atom stereocenters. The first kappa shape index (κ1) is 17.7. The minimum Gasteiger partial charge on any atom is -0.321 e. The van der Waals surface area contributed by atoms with Crippen LogP contribution in [0.1, 0.15) is 15.9 Å². The summed E-state index contributed by atoms with van der Waals surface area (Å²) in [7, 11) is -5.63. The summed E-state index contributed by atoms with van der Waals surface area (Å²) in [4.78, 5) is 29.4. The Bertz CT molecular complexity index is 777. The largest absolute Gasteiger partial charge is 0.399 e. The van der Waals surface area contributed by atoms with Gasteiger partial charge in [-0.05, 0) is 40.2 Å². The summed E-state index contributed by atoms with van der Waals surface area (Å²) in [6.07, 6.45) is 0. The van der Waals surface area contributed by atoms with Crippen molar-refractivity contribution in [3.8, 4) is 0 Å². The van der Waals surface area contributed by atoms with Crippen molar-refractivity contribution in [3.05, 3.63) is 64.1 Å². The van der Waals surface area contributed by atoms with E-state index in [9.17, 15) is 18.1 Å². The second kappa shape index (κ2) is 6.49. The van der Waals surface area contributed by atoms with Gasteiger partial charge in [-0.3, -0.25) is 9.36 Å². The van der Waals surface area contributed by atoms with Crippen LogP contribution in [0, 0.1) is 0 Å². The fourth-order valence-corrected chi connectivity index (χ4v) is 2.62. The molecular weight excluding hydrogens is 395 g/mol. The lowest BCUT2D eigenvalue weighted by atomic mass is 10.1. The van der Waals surface area contributed by atoms with Crippen LogP contribution in [-0.4, -0.2) is 15.7 Å². The van der Waals surface area contributed by atoms with Crippen molar-refractivity contribution in [2.24, 2.45) is 0 Å². The molecule has 9 heteroatoms. The van der Waals surface area contributed by atoms with E-state index < -0.39 is 24.7 Å². The summed E-state index contributed by atoms with van der Waals surface area (Å²) in [5.74, 6) is -0.539. The minimum atomic E-state index is -5.63. The first-order chi connectivity index (χ1) is 10.6. The molecule has 0 bridgehead atoms. The summed E-state index contributed by atoms with van der Waals surface area (Å²) in [6, 6.07) is 10.6. The normalized spacial score (nSPS) is 12.0. The number of carbonyl (C=O) groups is 1. The number of rotatable bonds is 4. The number of halogens is 3. The van der Waals surface area contributed by atoms with Crippen molar-refractivity contribution in [1.82, 2.24) is 0 Å². The topological polar surface area (TPSA) is 86.6 Å². The number of para-hydroxylation sites is 1. The molecule has 0 spiro atoms. The van der Waals surface area contributed by atoms with Crippen molar-refractivity contribution < 1.29 is 27.9 Å². The van der Waals surface area contributed by atoms with Crippen molar-refractivity contribution in [2.75, 3.05) is 5.32 Å². The van der Waals surface area contributed by atoms with E-state index >= 15 is 0 Å². The third-order valence-electron chi connectivity index (χ3n) is 2.98. The van der Waals surface area contributed by atoms with Gasteiger partial charge in [0.15, 0.2) is 0 Å². The molecule has 0 aromatic heterocycles. The van der Waals surface area contributed by atoms with Gasteiger partial charge in [-0.15, -0.1) is 0 Å². The molecule has 0 aliphatic rings. The van der Waals surface area contributed by atoms with Gasteiger partial charge in [0.25, 0.3) is 5.91 Å². The first-order valence-electron chi connectivity index (χ1n) is 6.23. The number of benzene rings is 2. The lowest BCUT2D eigenvalue weighted by Crippen LogP contribution is -2.15. The van der Waals surface area contributed by atoms with Crippen LogP contribution in [0.15, 0.2) is 53.0 Å². The van der Waals surface area contributed by atoms with E-state index in [2.05, 4.69) is 21.2 Å². The quantitative estimate of drug-likeness (QED) is 0.672. The van der Waals surface area contributed by atoms with Gasteiger partial charge in [-0.2, -0.15) is 8.78 Å². The van der Waals surface area contributed by atoms with Crippen molar-refractivity contribution in [1.29, 1.82) is 0 Å². The van der Waals surface area contributed by atoms with Gasteiger partial charge in [0.2, 0.25) is 0 Å². The predicted molar refractivity (Wildman–Crippen MR) is 84.5 cm³/mol. The van der Waals surface area contributed by atoms with Gasteiger partial charge in [0.05, 0.1) is 5.69 Å². The number of hydrogen-bond donors (Lipinski definition) is 3. The molecule has 0 atom stereocenters. The Hall–Kier alpha value is -1.60. The van der Waals surface area contributed by atoms with Gasteiger partial charge in [0, 0.05) is 15.6 Å². The highest BCUT2D eigenvalue weighted by Gasteiger charge is 2.50. The summed E-state index contributed by atoms with van der Waals surface area (Å²) >= 11 is 3.26. The van der Waals surface area contributed by atoms with Crippen molar-refractivity contribution in [3.63, 3.8) is 0 Å². The average molecular weight is 406 g/mol. The monoisotopic (exact) mass is 405 g/mol. The number of nitrogens with one attached hydrogen (secondary N) is 1. The second-order valence-corrected chi connectivity index (χ2v) is 7.10. The Morgan fingerprint density at radius 1 is 1.09 bits per heavy atom. The molecule has 122 valence electrons. The summed E-state index contributed by atoms with van der Waals surface area (Å²) < 4.78 is 38.5. The van der Waals surface area contributed by atoms with Crippen molar-refractivity contribution in [2.45, 2.75) is 5.66 Å². The number of amides is 1. The zero-order valence-corrected chi connectivity index (χ0v) is 13.9. The van der Waals surface area contributed by atoms with Gasteiger partial charge >= 0.3 is 13.3 Å². The van der Waals surface area contributed by atoms with E-state index in [0.717, 1.165) is 24.3 Å². The van der Waals surface area contributed by atoms with Gasteiger partial charge < -0.3 is 15.1 Å². The molecule has 0 aliphatic heterocycles. The van der Waals surface area contributed by atoms with Crippen LogP contribution in [0.4, 0.5) is 14.5 Å². The van der Waals surface area contributed by atoms with Crippen LogP contribution in [0.5, 0.6) is 0 Å². The van der Waals surface area contributed by atoms with Crippen molar-refractivity contribution >= 4 is 35.1 Å². The maximum absolute atomic E-state index is 13.5. The molecule has 3 N–H and O–H groups in total. The second-order valence-electron chi connectivity index (χ2n) is 4.60. The zero-order valence-electron chi connectivity index (χ0n) is 11.4. The molecular formula is C14H11BrF2NO4P. The fraction of sp³-hybridized carbons (Fsp3) is 0.0714. The molecule has 0 radical (unpaired) electrons.